The minimum absolute atomic E-state index is 0.689. The molecule has 2 atom stereocenters. The molecule has 1 aliphatic carbocycles. The summed E-state index contributed by atoms with van der Waals surface area (Å²) in [4.78, 5) is 0.689. The fourth-order valence-corrected chi connectivity index (χ4v) is 2.75. The van der Waals surface area contributed by atoms with Gasteiger partial charge in [0.05, 0.1) is 5.69 Å². The molecule has 72 valence electrons. The highest BCUT2D eigenvalue weighted by atomic mass is 79.9. The molecule has 0 aliphatic heterocycles. The van der Waals surface area contributed by atoms with Crippen molar-refractivity contribution in [2.24, 2.45) is 13.0 Å². The summed E-state index contributed by atoms with van der Waals surface area (Å²) in [5.74, 6) is 0.761. The number of halogens is 1. The average Bonchev–Trinajstić information content (AvgIpc) is 2.64. The van der Waals surface area contributed by atoms with Gasteiger partial charge in [0.2, 0.25) is 0 Å². The van der Waals surface area contributed by atoms with Gasteiger partial charge in [-0.05, 0) is 25.2 Å². The first kappa shape index (κ1) is 9.19. The minimum atomic E-state index is 0.689. The lowest BCUT2D eigenvalue weighted by Gasteiger charge is -2.10. The van der Waals surface area contributed by atoms with Crippen molar-refractivity contribution < 1.29 is 0 Å². The zero-order valence-corrected chi connectivity index (χ0v) is 9.37. The van der Waals surface area contributed by atoms with E-state index in [1.54, 1.807) is 4.68 Å². The van der Waals surface area contributed by atoms with Crippen molar-refractivity contribution >= 4 is 15.9 Å². The molecule has 13 heavy (non-hydrogen) atoms. The van der Waals surface area contributed by atoms with Crippen LogP contribution in [0.4, 0.5) is 0 Å². The number of rotatable bonds is 2. The second-order valence-electron chi connectivity index (χ2n) is 3.79. The van der Waals surface area contributed by atoms with Crippen LogP contribution in [0, 0.1) is 5.92 Å². The molecule has 0 amide bonds. The molecular formula is C9H14BrN3. The van der Waals surface area contributed by atoms with Gasteiger partial charge in [0.15, 0.2) is 0 Å². The van der Waals surface area contributed by atoms with Crippen LogP contribution < -0.4 is 0 Å². The zero-order valence-electron chi connectivity index (χ0n) is 7.78. The van der Waals surface area contributed by atoms with E-state index in [0.29, 0.717) is 4.83 Å². The first-order chi connectivity index (χ1) is 6.25. The Morgan fingerprint density at radius 2 is 2.46 bits per heavy atom. The standard InChI is InChI=1S/C9H14BrN3/c1-13-6-8(11-12-13)5-7-3-2-4-9(7)10/h6-7,9H,2-5H2,1H3. The zero-order chi connectivity index (χ0) is 9.26. The molecule has 4 heteroatoms. The molecule has 0 spiro atoms. The summed E-state index contributed by atoms with van der Waals surface area (Å²) in [7, 11) is 1.91. The number of hydrogen-bond donors (Lipinski definition) is 0. The summed E-state index contributed by atoms with van der Waals surface area (Å²) < 4.78 is 1.77. The smallest absolute Gasteiger partial charge is 0.0830 e. The molecule has 1 aromatic rings. The summed E-state index contributed by atoms with van der Waals surface area (Å²) in [6.07, 6.45) is 7.07. The highest BCUT2D eigenvalue weighted by Crippen LogP contribution is 2.33. The molecule has 0 aromatic carbocycles. The summed E-state index contributed by atoms with van der Waals surface area (Å²) in [5, 5.41) is 8.04. The van der Waals surface area contributed by atoms with E-state index < -0.39 is 0 Å². The number of nitrogens with zero attached hydrogens (tertiary/aromatic N) is 3. The highest BCUT2D eigenvalue weighted by Gasteiger charge is 2.25. The van der Waals surface area contributed by atoms with Crippen LogP contribution in [0.15, 0.2) is 6.20 Å². The van der Waals surface area contributed by atoms with Crippen LogP contribution in [-0.2, 0) is 13.5 Å². The van der Waals surface area contributed by atoms with Crippen LogP contribution in [0.3, 0.4) is 0 Å². The number of alkyl halides is 1. The predicted molar refractivity (Wildman–Crippen MR) is 54.8 cm³/mol. The Bertz CT molecular complexity index is 284. The van der Waals surface area contributed by atoms with Gasteiger partial charge in [0.25, 0.3) is 0 Å². The van der Waals surface area contributed by atoms with E-state index in [4.69, 9.17) is 0 Å². The number of aromatic nitrogens is 3. The van der Waals surface area contributed by atoms with Crippen molar-refractivity contribution in [1.29, 1.82) is 0 Å². The lowest BCUT2D eigenvalue weighted by atomic mass is 10.0. The maximum Gasteiger partial charge on any atom is 0.0830 e. The first-order valence-electron chi connectivity index (χ1n) is 4.75. The summed E-state index contributed by atoms with van der Waals surface area (Å²) in [6.45, 7) is 0. The van der Waals surface area contributed by atoms with Crippen molar-refractivity contribution in [2.75, 3.05) is 0 Å². The third-order valence-electron chi connectivity index (χ3n) is 2.69. The monoisotopic (exact) mass is 243 g/mol. The van der Waals surface area contributed by atoms with E-state index in [9.17, 15) is 0 Å². The van der Waals surface area contributed by atoms with Gasteiger partial charge in [0, 0.05) is 18.1 Å². The van der Waals surface area contributed by atoms with Gasteiger partial charge < -0.3 is 0 Å². The Hall–Kier alpha value is -0.380. The molecule has 0 N–H and O–H groups in total. The Morgan fingerprint density at radius 1 is 1.62 bits per heavy atom. The van der Waals surface area contributed by atoms with Crippen LogP contribution >= 0.6 is 15.9 Å². The summed E-state index contributed by atoms with van der Waals surface area (Å²) >= 11 is 3.71. The fraction of sp³-hybridized carbons (Fsp3) is 0.778. The van der Waals surface area contributed by atoms with Crippen molar-refractivity contribution in [1.82, 2.24) is 15.0 Å². The number of aryl methyl sites for hydroxylation is 1. The van der Waals surface area contributed by atoms with E-state index in [-0.39, 0.29) is 0 Å². The van der Waals surface area contributed by atoms with E-state index in [1.807, 2.05) is 13.2 Å². The lowest BCUT2D eigenvalue weighted by Crippen LogP contribution is -2.09. The van der Waals surface area contributed by atoms with Gasteiger partial charge in [-0.25, -0.2) is 0 Å². The maximum absolute atomic E-state index is 4.11. The molecule has 1 aromatic heterocycles. The van der Waals surface area contributed by atoms with Crippen LogP contribution in [0.2, 0.25) is 0 Å². The average molecular weight is 244 g/mol. The van der Waals surface area contributed by atoms with Gasteiger partial charge in [-0.1, -0.05) is 27.6 Å². The molecule has 1 heterocycles. The van der Waals surface area contributed by atoms with Crippen molar-refractivity contribution in [3.63, 3.8) is 0 Å². The predicted octanol–water partition coefficient (Wildman–Crippen LogP) is 1.92. The second kappa shape index (κ2) is 3.78. The summed E-state index contributed by atoms with van der Waals surface area (Å²) in [6, 6.07) is 0. The molecule has 1 saturated carbocycles. The van der Waals surface area contributed by atoms with Crippen LogP contribution in [0.5, 0.6) is 0 Å². The Labute approximate surface area is 86.6 Å². The quantitative estimate of drug-likeness (QED) is 0.744. The largest absolute Gasteiger partial charge is 0.255 e. The summed E-state index contributed by atoms with van der Waals surface area (Å²) in [5.41, 5.74) is 1.12. The molecule has 0 bridgehead atoms. The Kier molecular flexibility index (Phi) is 2.67. The third-order valence-corrected chi connectivity index (χ3v) is 3.89. The molecule has 1 aliphatic rings. The maximum atomic E-state index is 4.11. The third kappa shape index (κ3) is 2.10. The Morgan fingerprint density at radius 3 is 3.00 bits per heavy atom. The van der Waals surface area contributed by atoms with E-state index >= 15 is 0 Å². The van der Waals surface area contributed by atoms with E-state index in [2.05, 4.69) is 26.2 Å². The van der Waals surface area contributed by atoms with Gasteiger partial charge in [-0.2, -0.15) is 0 Å². The molecule has 0 radical (unpaired) electrons. The van der Waals surface area contributed by atoms with Crippen molar-refractivity contribution in [2.45, 2.75) is 30.5 Å². The topological polar surface area (TPSA) is 30.7 Å². The molecule has 2 unspecified atom stereocenters. The number of hydrogen-bond acceptors (Lipinski definition) is 2. The normalized spacial score (nSPS) is 28.2. The van der Waals surface area contributed by atoms with Crippen molar-refractivity contribution in [3.05, 3.63) is 11.9 Å². The van der Waals surface area contributed by atoms with Crippen LogP contribution in [0.25, 0.3) is 0 Å². The highest BCUT2D eigenvalue weighted by molar-refractivity contribution is 9.09. The SMILES string of the molecule is Cn1cc(CC2CCCC2Br)nn1. The van der Waals surface area contributed by atoms with Gasteiger partial charge in [0.1, 0.15) is 0 Å². The van der Waals surface area contributed by atoms with Crippen molar-refractivity contribution in [3.8, 4) is 0 Å². The molecule has 0 saturated heterocycles. The molecule has 1 fully saturated rings. The van der Waals surface area contributed by atoms with Gasteiger partial charge >= 0.3 is 0 Å². The van der Waals surface area contributed by atoms with E-state index in [0.717, 1.165) is 18.0 Å². The molecule has 2 rings (SSSR count). The second-order valence-corrected chi connectivity index (χ2v) is 4.97. The first-order valence-corrected chi connectivity index (χ1v) is 5.66. The fourth-order valence-electron chi connectivity index (χ4n) is 1.98. The molecular weight excluding hydrogens is 230 g/mol. The Balaban J connectivity index is 1.97. The van der Waals surface area contributed by atoms with Gasteiger partial charge in [-0.15, -0.1) is 5.10 Å². The van der Waals surface area contributed by atoms with Crippen LogP contribution in [0.1, 0.15) is 25.0 Å². The van der Waals surface area contributed by atoms with Crippen LogP contribution in [-0.4, -0.2) is 19.8 Å². The van der Waals surface area contributed by atoms with E-state index in [1.165, 1.54) is 19.3 Å². The van der Waals surface area contributed by atoms with Gasteiger partial charge in [-0.3, -0.25) is 4.68 Å². The minimum Gasteiger partial charge on any atom is -0.255 e. The lowest BCUT2D eigenvalue weighted by molar-refractivity contribution is 0.554. The molecule has 3 nitrogen and oxygen atoms in total.